The van der Waals surface area contributed by atoms with Gasteiger partial charge in [0.2, 0.25) is 5.96 Å². The van der Waals surface area contributed by atoms with Gasteiger partial charge in [-0.1, -0.05) is 0 Å². The molecule has 1 aromatic carbocycles. The van der Waals surface area contributed by atoms with Crippen LogP contribution in [0.5, 0.6) is 0 Å². The quantitative estimate of drug-likeness (QED) is 0.533. The molecule has 0 aromatic heterocycles. The Hall–Kier alpha value is -1.63. The van der Waals surface area contributed by atoms with Gasteiger partial charge in [-0.15, -0.1) is 0 Å². The number of halogens is 2. The summed E-state index contributed by atoms with van der Waals surface area (Å²) in [4.78, 5) is 7.41. The van der Waals surface area contributed by atoms with Crippen molar-refractivity contribution >= 4 is 33.5 Å². The van der Waals surface area contributed by atoms with Gasteiger partial charge in [0.15, 0.2) is 5.96 Å². The summed E-state index contributed by atoms with van der Waals surface area (Å²) < 4.78 is 13.5. The van der Waals surface area contributed by atoms with E-state index in [9.17, 15) is 4.39 Å². The molecule has 0 saturated heterocycles. The van der Waals surface area contributed by atoms with Gasteiger partial charge in [0.1, 0.15) is 5.82 Å². The van der Waals surface area contributed by atoms with Gasteiger partial charge in [-0.05, 0) is 40.5 Å². The number of rotatable bonds is 1. The maximum Gasteiger partial charge on any atom is 0.223 e. The largest absolute Gasteiger partial charge is 0.370 e. The van der Waals surface area contributed by atoms with Gasteiger partial charge in [-0.3, -0.25) is 0 Å². The van der Waals surface area contributed by atoms with E-state index in [4.69, 9.17) is 17.2 Å². The number of nitrogens with zero attached hydrogens (tertiary/aromatic N) is 2. The molecule has 6 N–H and O–H groups in total. The average molecular weight is 288 g/mol. The number of aryl methyl sites for hydroxylation is 1. The van der Waals surface area contributed by atoms with Gasteiger partial charge in [-0.2, -0.15) is 4.99 Å². The fourth-order valence-corrected chi connectivity index (χ4v) is 1.39. The zero-order chi connectivity index (χ0) is 12.3. The molecular weight excluding hydrogens is 277 g/mol. The van der Waals surface area contributed by atoms with Crippen molar-refractivity contribution in [3.63, 3.8) is 0 Å². The number of hydrogen-bond acceptors (Lipinski definition) is 1. The summed E-state index contributed by atoms with van der Waals surface area (Å²) in [7, 11) is 0. The van der Waals surface area contributed by atoms with Crippen LogP contribution < -0.4 is 17.2 Å². The van der Waals surface area contributed by atoms with E-state index >= 15 is 0 Å². The van der Waals surface area contributed by atoms with Crippen LogP contribution >= 0.6 is 15.9 Å². The van der Waals surface area contributed by atoms with Gasteiger partial charge in [0, 0.05) is 0 Å². The van der Waals surface area contributed by atoms with Crippen LogP contribution in [0.3, 0.4) is 0 Å². The van der Waals surface area contributed by atoms with E-state index in [0.29, 0.717) is 5.69 Å². The summed E-state index contributed by atoms with van der Waals surface area (Å²) >= 11 is 3.06. The van der Waals surface area contributed by atoms with Crippen molar-refractivity contribution in [1.29, 1.82) is 0 Å². The Morgan fingerprint density at radius 3 is 2.50 bits per heavy atom. The molecular formula is C9H11BrFN5. The minimum atomic E-state index is -0.420. The second-order valence-electron chi connectivity index (χ2n) is 3.09. The normalized spacial score (nSPS) is 11.3. The van der Waals surface area contributed by atoms with Crippen LogP contribution in [0.4, 0.5) is 10.1 Å². The monoisotopic (exact) mass is 287 g/mol. The second kappa shape index (κ2) is 4.93. The highest BCUT2D eigenvalue weighted by molar-refractivity contribution is 9.10. The maximum absolute atomic E-state index is 13.3. The van der Waals surface area contributed by atoms with Crippen LogP contribution in [0, 0.1) is 12.7 Å². The molecule has 0 aliphatic carbocycles. The predicted octanol–water partition coefficient (Wildman–Crippen LogP) is 1.12. The Morgan fingerprint density at radius 2 is 1.94 bits per heavy atom. The molecule has 0 fully saturated rings. The first kappa shape index (κ1) is 12.4. The second-order valence-corrected chi connectivity index (χ2v) is 3.88. The zero-order valence-electron chi connectivity index (χ0n) is 8.54. The highest BCUT2D eigenvalue weighted by Crippen LogP contribution is 2.29. The summed E-state index contributed by atoms with van der Waals surface area (Å²) in [5.41, 5.74) is 16.7. The van der Waals surface area contributed by atoms with E-state index in [1.54, 1.807) is 13.0 Å². The first-order chi connectivity index (χ1) is 7.40. The SMILES string of the molecule is Cc1cc(F)c(Br)c(N=C(N)N=C(N)N)c1. The summed E-state index contributed by atoms with van der Waals surface area (Å²) in [6.45, 7) is 1.74. The lowest BCUT2D eigenvalue weighted by molar-refractivity contribution is 0.620. The molecule has 0 saturated carbocycles. The predicted molar refractivity (Wildman–Crippen MR) is 65.9 cm³/mol. The molecule has 5 nitrogen and oxygen atoms in total. The van der Waals surface area contributed by atoms with Crippen LogP contribution in [-0.4, -0.2) is 11.9 Å². The fraction of sp³-hybridized carbons (Fsp3) is 0.111. The third-order valence-corrected chi connectivity index (χ3v) is 2.42. The average Bonchev–Trinajstić information content (AvgIpc) is 2.11. The van der Waals surface area contributed by atoms with Gasteiger partial charge in [0.25, 0.3) is 0 Å². The molecule has 0 radical (unpaired) electrons. The smallest absolute Gasteiger partial charge is 0.223 e. The Bertz CT molecular complexity index is 465. The van der Waals surface area contributed by atoms with E-state index in [1.807, 2.05) is 0 Å². The Kier molecular flexibility index (Phi) is 3.83. The van der Waals surface area contributed by atoms with Crippen LogP contribution in [0.15, 0.2) is 26.6 Å². The number of nitrogens with two attached hydrogens (primary N) is 3. The van der Waals surface area contributed by atoms with Crippen molar-refractivity contribution < 1.29 is 4.39 Å². The lowest BCUT2D eigenvalue weighted by Gasteiger charge is -2.02. The van der Waals surface area contributed by atoms with Crippen molar-refractivity contribution in [2.24, 2.45) is 27.2 Å². The molecule has 7 heteroatoms. The topological polar surface area (TPSA) is 103 Å². The lowest BCUT2D eigenvalue weighted by atomic mass is 10.2. The molecule has 0 amide bonds. The van der Waals surface area contributed by atoms with Gasteiger partial charge < -0.3 is 17.2 Å². The van der Waals surface area contributed by atoms with E-state index in [1.165, 1.54) is 6.07 Å². The Labute approximate surface area is 100 Å². The standard InChI is InChI=1S/C9H11BrFN5/c1-4-2-5(11)7(10)6(3-4)15-9(14)16-8(12)13/h2-3H,1H3,(H6,12,13,14,15,16). The molecule has 86 valence electrons. The van der Waals surface area contributed by atoms with E-state index in [2.05, 4.69) is 25.9 Å². The summed E-state index contributed by atoms with van der Waals surface area (Å²) in [5.74, 6) is -0.757. The summed E-state index contributed by atoms with van der Waals surface area (Å²) in [6, 6.07) is 3.03. The van der Waals surface area contributed by atoms with Crippen molar-refractivity contribution in [1.82, 2.24) is 0 Å². The molecule has 0 unspecified atom stereocenters. The van der Waals surface area contributed by atoms with Gasteiger partial charge in [0.05, 0.1) is 10.2 Å². The van der Waals surface area contributed by atoms with E-state index < -0.39 is 5.82 Å². The lowest BCUT2D eigenvalue weighted by Crippen LogP contribution is -2.26. The highest BCUT2D eigenvalue weighted by Gasteiger charge is 2.06. The maximum atomic E-state index is 13.3. The van der Waals surface area contributed by atoms with Crippen LogP contribution in [-0.2, 0) is 0 Å². The fourth-order valence-electron chi connectivity index (χ4n) is 1.07. The molecule has 0 atom stereocenters. The molecule has 1 aromatic rings. The Morgan fingerprint density at radius 1 is 1.31 bits per heavy atom. The first-order valence-electron chi connectivity index (χ1n) is 4.29. The number of benzene rings is 1. The highest BCUT2D eigenvalue weighted by atomic mass is 79.9. The third kappa shape index (κ3) is 3.20. The third-order valence-electron chi connectivity index (χ3n) is 1.63. The molecule has 0 bridgehead atoms. The molecule has 0 spiro atoms. The minimum Gasteiger partial charge on any atom is -0.370 e. The van der Waals surface area contributed by atoms with Crippen LogP contribution in [0.25, 0.3) is 0 Å². The van der Waals surface area contributed by atoms with Crippen molar-refractivity contribution in [2.75, 3.05) is 0 Å². The number of aliphatic imine (C=N–C) groups is 2. The van der Waals surface area contributed by atoms with Crippen LogP contribution in [0.2, 0.25) is 0 Å². The molecule has 1 rings (SSSR count). The first-order valence-corrected chi connectivity index (χ1v) is 5.09. The zero-order valence-corrected chi connectivity index (χ0v) is 10.1. The summed E-state index contributed by atoms with van der Waals surface area (Å²) in [5, 5.41) is 0. The van der Waals surface area contributed by atoms with Crippen molar-refractivity contribution in [2.45, 2.75) is 6.92 Å². The number of guanidine groups is 2. The van der Waals surface area contributed by atoms with Crippen LogP contribution in [0.1, 0.15) is 5.56 Å². The van der Waals surface area contributed by atoms with Gasteiger partial charge >= 0.3 is 0 Å². The summed E-state index contributed by atoms with van der Waals surface area (Å²) in [6.07, 6.45) is 0. The molecule has 0 heterocycles. The molecule has 16 heavy (non-hydrogen) atoms. The molecule has 0 aliphatic heterocycles. The van der Waals surface area contributed by atoms with E-state index in [-0.39, 0.29) is 16.4 Å². The molecule has 0 aliphatic rings. The number of hydrogen-bond donors (Lipinski definition) is 3. The minimum absolute atomic E-state index is 0.134. The van der Waals surface area contributed by atoms with Crippen molar-refractivity contribution in [3.8, 4) is 0 Å². The van der Waals surface area contributed by atoms with Crippen molar-refractivity contribution in [3.05, 3.63) is 28.0 Å². The van der Waals surface area contributed by atoms with E-state index in [0.717, 1.165) is 5.56 Å². The Balaban J connectivity index is 3.20. The van der Waals surface area contributed by atoms with Gasteiger partial charge in [-0.25, -0.2) is 9.38 Å².